The monoisotopic (exact) mass is 401 g/mol. The number of carbonyl (C=O) groups excluding carboxylic acids is 1. The number of fused-ring (bicyclic) bond motifs is 1. The fourth-order valence-electron chi connectivity index (χ4n) is 2.80. The molecule has 0 saturated carbocycles. The zero-order valence-corrected chi connectivity index (χ0v) is 15.4. The Morgan fingerprint density at radius 2 is 1.89 bits per heavy atom. The van der Waals surface area contributed by atoms with E-state index < -0.39 is 20.8 Å². The summed E-state index contributed by atoms with van der Waals surface area (Å²) >= 11 is 0. The number of aryl methyl sites for hydroxylation is 1. The van der Waals surface area contributed by atoms with Crippen LogP contribution in [0, 0.1) is 10.1 Å². The molecule has 3 rings (SSSR count). The molecule has 0 saturated heterocycles. The SMILES string of the molecule is CCc1cccc(N=NC2=C3C=CC(=S(=O)(O)O)C=C3C=CC2=O)c1[N+](=O)[O-]. The zero-order chi connectivity index (χ0) is 20.5. The number of benzene rings is 1. The van der Waals surface area contributed by atoms with E-state index in [0.717, 1.165) is 0 Å². The molecular weight excluding hydrogens is 386 g/mol. The first-order chi connectivity index (χ1) is 13.2. The number of allylic oxidation sites excluding steroid dienone is 7. The lowest BCUT2D eigenvalue weighted by Crippen LogP contribution is -2.14. The summed E-state index contributed by atoms with van der Waals surface area (Å²) in [4.78, 5) is 22.9. The number of carbonyl (C=O) groups is 1. The predicted octanol–water partition coefficient (Wildman–Crippen LogP) is 3.53. The summed E-state index contributed by atoms with van der Waals surface area (Å²) < 4.78 is 29.9. The van der Waals surface area contributed by atoms with Gasteiger partial charge in [-0.3, -0.25) is 24.0 Å². The standard InChI is InChI=1S/C18H15N3O6S/c1-2-11-4-3-5-15(18(11)21(23)24)19-20-17-14-8-7-13(28(25,26)27)10-12(14)6-9-16(17)22/h3-10H,2H2,1H3,(H2,25,26,27). The number of nitro benzene ring substituents is 1. The summed E-state index contributed by atoms with van der Waals surface area (Å²) in [6.07, 6.45) is 6.88. The smallest absolute Gasteiger partial charge is 0.293 e. The lowest BCUT2D eigenvalue weighted by atomic mass is 9.92. The van der Waals surface area contributed by atoms with Crippen molar-refractivity contribution < 1.29 is 23.0 Å². The van der Waals surface area contributed by atoms with Gasteiger partial charge in [0, 0.05) is 11.1 Å². The molecule has 2 aliphatic carbocycles. The van der Waals surface area contributed by atoms with E-state index in [1.165, 1.54) is 36.4 Å². The van der Waals surface area contributed by atoms with Crippen LogP contribution in [0.3, 0.4) is 0 Å². The fourth-order valence-corrected chi connectivity index (χ4v) is 3.32. The molecule has 0 unspecified atom stereocenters. The third kappa shape index (κ3) is 3.74. The molecule has 0 radical (unpaired) electrons. The van der Waals surface area contributed by atoms with E-state index in [4.69, 9.17) is 0 Å². The summed E-state index contributed by atoms with van der Waals surface area (Å²) in [5, 5.41) is 19.2. The molecule has 1 aromatic rings. The number of nitrogens with zero attached hydrogens (tertiary/aromatic N) is 3. The molecule has 0 bridgehead atoms. The van der Waals surface area contributed by atoms with E-state index in [1.807, 2.05) is 0 Å². The van der Waals surface area contributed by atoms with Crippen molar-refractivity contribution in [2.24, 2.45) is 10.2 Å². The quantitative estimate of drug-likeness (QED) is 0.342. The van der Waals surface area contributed by atoms with Crippen molar-refractivity contribution in [2.45, 2.75) is 13.3 Å². The van der Waals surface area contributed by atoms with Gasteiger partial charge in [-0.1, -0.05) is 31.2 Å². The largest absolute Gasteiger partial charge is 0.299 e. The number of azo groups is 1. The minimum atomic E-state index is -4.15. The number of para-hydroxylation sites is 1. The van der Waals surface area contributed by atoms with Crippen LogP contribution in [0.25, 0.3) is 0 Å². The highest BCUT2D eigenvalue weighted by Gasteiger charge is 2.23. The molecule has 28 heavy (non-hydrogen) atoms. The van der Waals surface area contributed by atoms with Gasteiger partial charge in [0.1, 0.15) is 5.70 Å². The number of hydrogen-bond donors (Lipinski definition) is 2. The van der Waals surface area contributed by atoms with Crippen molar-refractivity contribution in [1.82, 2.24) is 0 Å². The van der Waals surface area contributed by atoms with Crippen molar-refractivity contribution in [1.29, 1.82) is 0 Å². The highest BCUT2D eigenvalue weighted by atomic mass is 32.2. The molecule has 10 heteroatoms. The summed E-state index contributed by atoms with van der Waals surface area (Å²) in [5.41, 5.74) is 0.987. The van der Waals surface area contributed by atoms with Crippen molar-refractivity contribution >= 4 is 32.1 Å². The molecular formula is C18H15N3O6S. The molecule has 0 heterocycles. The van der Waals surface area contributed by atoms with Gasteiger partial charge >= 0.3 is 0 Å². The first-order valence-corrected chi connectivity index (χ1v) is 9.60. The van der Waals surface area contributed by atoms with Crippen molar-refractivity contribution in [2.75, 3.05) is 0 Å². The average molecular weight is 401 g/mol. The molecule has 0 fully saturated rings. The van der Waals surface area contributed by atoms with E-state index in [0.29, 0.717) is 23.1 Å². The van der Waals surface area contributed by atoms with E-state index in [9.17, 15) is 28.2 Å². The topological polar surface area (TPSA) is 142 Å². The lowest BCUT2D eigenvalue weighted by Gasteiger charge is -2.16. The third-order valence-corrected chi connectivity index (χ3v) is 5.02. The van der Waals surface area contributed by atoms with Gasteiger partial charge in [-0.25, -0.2) is 4.21 Å². The minimum absolute atomic E-state index is 0.0195. The van der Waals surface area contributed by atoms with Crippen LogP contribution in [0.4, 0.5) is 11.4 Å². The second kappa shape index (κ2) is 7.43. The van der Waals surface area contributed by atoms with Gasteiger partial charge in [0.25, 0.3) is 5.69 Å². The maximum Gasteiger partial charge on any atom is 0.299 e. The van der Waals surface area contributed by atoms with Gasteiger partial charge in [-0.15, -0.1) is 10.2 Å². The average Bonchev–Trinajstić information content (AvgIpc) is 2.65. The molecule has 2 aliphatic rings. The van der Waals surface area contributed by atoms with E-state index in [2.05, 4.69) is 10.2 Å². The molecule has 0 atom stereocenters. The van der Waals surface area contributed by atoms with Gasteiger partial charge in [0.05, 0.1) is 9.79 Å². The summed E-state index contributed by atoms with van der Waals surface area (Å²) in [7, 11) is -4.15. The van der Waals surface area contributed by atoms with Crippen molar-refractivity contribution in [3.8, 4) is 0 Å². The Hall–Kier alpha value is -3.21. The highest BCUT2D eigenvalue weighted by Crippen LogP contribution is 2.34. The Morgan fingerprint density at radius 3 is 2.54 bits per heavy atom. The Bertz CT molecular complexity index is 1160. The fraction of sp³-hybridized carbons (Fsp3) is 0.111. The third-order valence-electron chi connectivity index (χ3n) is 4.15. The normalized spacial score (nSPS) is 16.6. The lowest BCUT2D eigenvalue weighted by molar-refractivity contribution is -0.384. The maximum absolute atomic E-state index is 12.2. The van der Waals surface area contributed by atoms with Crippen molar-refractivity contribution in [3.63, 3.8) is 0 Å². The van der Waals surface area contributed by atoms with Crippen LogP contribution in [0.5, 0.6) is 0 Å². The number of rotatable bonds is 4. The molecule has 9 nitrogen and oxygen atoms in total. The first-order valence-electron chi connectivity index (χ1n) is 8.13. The van der Waals surface area contributed by atoms with E-state index in [-0.39, 0.29) is 21.9 Å². The molecule has 0 amide bonds. The Labute approximate surface area is 160 Å². The summed E-state index contributed by atoms with van der Waals surface area (Å²) in [5.74, 6) is -0.466. The summed E-state index contributed by atoms with van der Waals surface area (Å²) in [6, 6.07) is 4.67. The molecule has 0 aliphatic heterocycles. The van der Waals surface area contributed by atoms with E-state index in [1.54, 1.807) is 19.1 Å². The second-order valence-electron chi connectivity index (χ2n) is 5.89. The Balaban J connectivity index is 2.10. The number of ketones is 1. The highest BCUT2D eigenvalue weighted by molar-refractivity contribution is 7.92. The van der Waals surface area contributed by atoms with Crippen LogP contribution in [-0.4, -0.2) is 28.9 Å². The summed E-state index contributed by atoms with van der Waals surface area (Å²) in [6.45, 7) is 1.78. The van der Waals surface area contributed by atoms with Crippen LogP contribution in [0.2, 0.25) is 0 Å². The van der Waals surface area contributed by atoms with Crippen LogP contribution in [0.1, 0.15) is 12.5 Å². The molecule has 0 spiro atoms. The number of hydrogen-bond acceptors (Lipinski definition) is 6. The zero-order valence-electron chi connectivity index (χ0n) is 14.6. The number of nitro groups is 1. The molecule has 144 valence electrons. The van der Waals surface area contributed by atoms with Crippen molar-refractivity contribution in [3.05, 3.63) is 81.1 Å². The molecule has 2 N–H and O–H groups in total. The van der Waals surface area contributed by atoms with Crippen LogP contribution in [-0.2, 0) is 21.3 Å². The molecule has 0 aromatic heterocycles. The molecule has 1 aromatic carbocycles. The Morgan fingerprint density at radius 1 is 1.14 bits per heavy atom. The van der Waals surface area contributed by atoms with Gasteiger partial charge < -0.3 is 0 Å². The van der Waals surface area contributed by atoms with Gasteiger partial charge in [-0.2, -0.15) is 0 Å². The second-order valence-corrected chi connectivity index (χ2v) is 7.35. The minimum Gasteiger partial charge on any atom is -0.293 e. The van der Waals surface area contributed by atoms with Crippen LogP contribution < -0.4 is 0 Å². The van der Waals surface area contributed by atoms with Gasteiger partial charge in [0.2, 0.25) is 15.9 Å². The van der Waals surface area contributed by atoms with Gasteiger partial charge in [0.15, 0.2) is 5.69 Å². The maximum atomic E-state index is 12.2. The Kier molecular flexibility index (Phi) is 5.18. The van der Waals surface area contributed by atoms with Gasteiger partial charge in [-0.05, 0) is 36.3 Å². The van der Waals surface area contributed by atoms with Crippen LogP contribution in [0.15, 0.2) is 75.7 Å². The van der Waals surface area contributed by atoms with Crippen LogP contribution >= 0.6 is 0 Å². The predicted molar refractivity (Wildman–Crippen MR) is 104 cm³/mol. The first kappa shape index (κ1) is 19.5. The van der Waals surface area contributed by atoms with E-state index >= 15 is 0 Å².